The van der Waals surface area contributed by atoms with Gasteiger partial charge in [0, 0.05) is 0 Å². The zero-order valence-electron chi connectivity index (χ0n) is 5.83. The molecule has 1 aliphatic rings. The Balaban J connectivity index is 0.00000121. The van der Waals surface area contributed by atoms with Crippen LogP contribution in [0.2, 0.25) is 0 Å². The summed E-state index contributed by atoms with van der Waals surface area (Å²) in [6.07, 6.45) is 3.31. The molecular formula is C6H3Cl5Mg. The normalized spacial score (nSPS) is 35.0. The van der Waals surface area contributed by atoms with Gasteiger partial charge in [-0.2, -0.15) is 0 Å². The summed E-state index contributed by atoms with van der Waals surface area (Å²) in [5, 5.41) is 0.639. The first kappa shape index (κ1) is 13.7. The zero-order chi connectivity index (χ0) is 8.65. The van der Waals surface area contributed by atoms with Crippen LogP contribution in [0.5, 0.6) is 0 Å². The van der Waals surface area contributed by atoms with Crippen LogP contribution in [-0.4, -0.2) is 30.1 Å². The van der Waals surface area contributed by atoms with Crippen LogP contribution in [0.15, 0.2) is 22.2 Å². The van der Waals surface area contributed by atoms with E-state index in [1.165, 1.54) is 0 Å². The topological polar surface area (TPSA) is 0 Å². The molecule has 0 heterocycles. The average Bonchev–Trinajstić information content (AvgIpc) is 1.83. The molecule has 0 spiro atoms. The first-order valence-corrected chi connectivity index (χ1v) is 5.15. The van der Waals surface area contributed by atoms with Gasteiger partial charge in [-0.15, -0.1) is 0 Å². The van der Waals surface area contributed by atoms with Crippen LogP contribution < -0.4 is 12.4 Å². The van der Waals surface area contributed by atoms with Crippen LogP contribution >= 0.6 is 46.4 Å². The van der Waals surface area contributed by atoms with Gasteiger partial charge in [0.25, 0.3) is 0 Å². The van der Waals surface area contributed by atoms with Crippen molar-refractivity contribution in [1.29, 1.82) is 0 Å². The molecule has 0 amide bonds. The van der Waals surface area contributed by atoms with Gasteiger partial charge in [0.1, 0.15) is 0 Å². The first-order valence-electron chi connectivity index (χ1n) is 2.88. The average molecular weight is 277 g/mol. The Morgan fingerprint density at radius 2 is 1.83 bits per heavy atom. The summed E-state index contributed by atoms with van der Waals surface area (Å²) >= 11 is 24.9. The predicted octanol–water partition coefficient (Wildman–Crippen LogP) is -0.0396. The Bertz CT molecular complexity index is 232. The van der Waals surface area contributed by atoms with Crippen molar-refractivity contribution in [2.24, 2.45) is 0 Å². The molecule has 0 saturated carbocycles. The van der Waals surface area contributed by atoms with Gasteiger partial charge in [0.2, 0.25) is 0 Å². The fourth-order valence-electron chi connectivity index (χ4n) is 0.706. The second-order valence-corrected chi connectivity index (χ2v) is 5.94. The third-order valence-corrected chi connectivity index (χ3v) is 3.96. The maximum absolute atomic E-state index is 6.00. The molecule has 1 aliphatic carbocycles. The van der Waals surface area contributed by atoms with Gasteiger partial charge < -0.3 is 12.4 Å². The molecule has 0 nitrogen and oxygen atoms in total. The molecule has 0 saturated heterocycles. The van der Waals surface area contributed by atoms with E-state index in [1.54, 1.807) is 33.9 Å². The van der Waals surface area contributed by atoms with E-state index < -0.39 is 3.00 Å². The molecule has 6 heteroatoms. The van der Waals surface area contributed by atoms with Crippen molar-refractivity contribution < 1.29 is 12.4 Å². The first-order chi connectivity index (χ1) is 4.93. The molecule has 0 bridgehead atoms. The Labute approximate surface area is 110 Å². The standard InChI is InChI=1S/C6H3Cl4.ClH.Mg/c7-3-1-4(8)6(10)2-5(3)9;;/h1-3H;1H;/q;;+1/p-1. The maximum atomic E-state index is 6.00. The number of halogens is 5. The number of rotatable bonds is 0. The van der Waals surface area contributed by atoms with Crippen LogP contribution in [0, 0.1) is 0 Å². The molecule has 12 heavy (non-hydrogen) atoms. The molecule has 0 aromatic rings. The van der Waals surface area contributed by atoms with Crippen molar-refractivity contribution in [2.75, 3.05) is 0 Å². The Morgan fingerprint density at radius 1 is 1.33 bits per heavy atom. The summed E-state index contributed by atoms with van der Waals surface area (Å²) < 4.78 is -0.600. The van der Waals surface area contributed by atoms with E-state index in [-0.39, 0.29) is 17.8 Å². The van der Waals surface area contributed by atoms with Gasteiger partial charge in [0.15, 0.2) is 0 Å². The van der Waals surface area contributed by atoms with Crippen molar-refractivity contribution in [3.63, 3.8) is 0 Å². The van der Waals surface area contributed by atoms with E-state index in [2.05, 4.69) is 0 Å². The fourth-order valence-corrected chi connectivity index (χ4v) is 2.08. The minimum atomic E-state index is -0.600. The van der Waals surface area contributed by atoms with Crippen LogP contribution in [0.1, 0.15) is 0 Å². The summed E-state index contributed by atoms with van der Waals surface area (Å²) in [5.41, 5.74) is 0. The molecule has 0 N–H and O–H groups in total. The third-order valence-electron chi connectivity index (χ3n) is 1.35. The second kappa shape index (κ2) is 4.97. The number of hydrogen-bond acceptors (Lipinski definition) is 0. The van der Waals surface area contributed by atoms with E-state index in [9.17, 15) is 0 Å². The second-order valence-electron chi connectivity index (χ2n) is 2.34. The Hall–Kier alpha value is 1.70. The van der Waals surface area contributed by atoms with Gasteiger partial charge in [-0.05, 0) is 0 Å². The molecule has 0 fully saturated rings. The molecule has 0 aromatic heterocycles. The summed E-state index contributed by atoms with van der Waals surface area (Å²) in [6, 6.07) is 0. The van der Waals surface area contributed by atoms with Gasteiger partial charge in [0.05, 0.1) is 0 Å². The SMILES string of the molecule is [Cl-].[Mg+][C]1(Cl)C=C(Cl)C(Cl)=CC1Cl. The van der Waals surface area contributed by atoms with Crippen LogP contribution in [0.25, 0.3) is 0 Å². The summed E-state index contributed by atoms with van der Waals surface area (Å²) in [6.45, 7) is 0. The van der Waals surface area contributed by atoms with Gasteiger partial charge >= 0.3 is 98.7 Å². The predicted molar refractivity (Wildman–Crippen MR) is 51.9 cm³/mol. The van der Waals surface area contributed by atoms with Gasteiger partial charge in [-0.1, -0.05) is 0 Å². The minimum absolute atomic E-state index is 0. The molecule has 2 atom stereocenters. The quantitative estimate of drug-likeness (QED) is 0.430. The van der Waals surface area contributed by atoms with E-state index >= 15 is 0 Å². The number of allylic oxidation sites excluding steroid dienone is 4. The fraction of sp³-hybridized carbons (Fsp3) is 0.333. The van der Waals surface area contributed by atoms with Crippen molar-refractivity contribution in [3.8, 4) is 0 Å². The molecule has 0 aromatic carbocycles. The zero-order valence-corrected chi connectivity index (χ0v) is 11.0. The van der Waals surface area contributed by atoms with Crippen molar-refractivity contribution >= 4 is 68.1 Å². The monoisotopic (exact) mass is 274 g/mol. The van der Waals surface area contributed by atoms with Crippen molar-refractivity contribution in [3.05, 3.63) is 22.2 Å². The van der Waals surface area contributed by atoms with Crippen LogP contribution in [0.3, 0.4) is 0 Å². The van der Waals surface area contributed by atoms with E-state index in [1.807, 2.05) is 0 Å². The van der Waals surface area contributed by atoms with Crippen molar-refractivity contribution in [2.45, 2.75) is 8.38 Å². The number of alkyl halides is 2. The van der Waals surface area contributed by atoms with Gasteiger partial charge in [-0.25, -0.2) is 0 Å². The molecule has 0 radical (unpaired) electrons. The van der Waals surface area contributed by atoms with E-state index in [0.717, 1.165) is 0 Å². The molecule has 64 valence electrons. The van der Waals surface area contributed by atoms with E-state index in [4.69, 9.17) is 46.4 Å². The summed E-state index contributed by atoms with van der Waals surface area (Å²) in [5.74, 6) is 0. The molecule has 2 unspecified atom stereocenters. The van der Waals surface area contributed by atoms with Crippen LogP contribution in [-0.2, 0) is 0 Å². The summed E-state index contributed by atoms with van der Waals surface area (Å²) in [7, 11) is 0. The van der Waals surface area contributed by atoms with Crippen LogP contribution in [0.4, 0.5) is 0 Å². The Kier molecular flexibility index (Phi) is 5.67. The van der Waals surface area contributed by atoms with Crippen molar-refractivity contribution in [1.82, 2.24) is 0 Å². The molecular weight excluding hydrogens is 274 g/mol. The third kappa shape index (κ3) is 3.12. The van der Waals surface area contributed by atoms with Gasteiger partial charge in [-0.3, -0.25) is 0 Å². The Morgan fingerprint density at radius 3 is 2.25 bits per heavy atom. The summed E-state index contributed by atoms with van der Waals surface area (Å²) in [4.78, 5) is 0. The number of hydrogen-bond donors (Lipinski definition) is 0. The molecule has 1 rings (SSSR count). The molecule has 0 aliphatic heterocycles. The van der Waals surface area contributed by atoms with E-state index in [0.29, 0.717) is 10.1 Å².